The summed E-state index contributed by atoms with van der Waals surface area (Å²) in [4.78, 5) is 22.3. The summed E-state index contributed by atoms with van der Waals surface area (Å²) >= 11 is 4.07. The van der Waals surface area contributed by atoms with E-state index in [-0.39, 0.29) is 23.6 Å². The smallest absolute Gasteiger partial charge is 0.303 e. The van der Waals surface area contributed by atoms with Gasteiger partial charge in [0.15, 0.2) is 0 Å². The molecule has 1 aromatic carbocycles. The van der Waals surface area contributed by atoms with Crippen LogP contribution >= 0.6 is 45.2 Å². The summed E-state index contributed by atoms with van der Waals surface area (Å²) in [5.41, 5.74) is 0.270. The van der Waals surface area contributed by atoms with E-state index < -0.39 is 5.97 Å². The number of rotatable bonds is 7. The van der Waals surface area contributed by atoms with Gasteiger partial charge in [-0.2, -0.15) is 0 Å². The summed E-state index contributed by atoms with van der Waals surface area (Å²) in [6, 6.07) is 3.43. The van der Waals surface area contributed by atoms with Crippen LogP contribution in [0.1, 0.15) is 36.0 Å². The first kappa shape index (κ1) is 17.5. The predicted octanol–water partition coefficient (Wildman–Crippen LogP) is 2.98. The molecular formula is C13H15I2NO4. The van der Waals surface area contributed by atoms with Crippen molar-refractivity contribution >= 4 is 57.1 Å². The molecule has 7 heteroatoms. The summed E-state index contributed by atoms with van der Waals surface area (Å²) < 4.78 is 1.53. The number of carbonyl (C=O) groups is 2. The molecule has 1 amide bonds. The monoisotopic (exact) mass is 503 g/mol. The van der Waals surface area contributed by atoms with E-state index in [0.29, 0.717) is 16.5 Å². The minimum Gasteiger partial charge on any atom is -0.506 e. The number of hydrogen-bond acceptors (Lipinski definition) is 3. The highest BCUT2D eigenvalue weighted by Gasteiger charge is 2.14. The fourth-order valence-corrected chi connectivity index (χ4v) is 3.46. The van der Waals surface area contributed by atoms with Gasteiger partial charge in [-0.3, -0.25) is 9.59 Å². The van der Waals surface area contributed by atoms with Crippen molar-refractivity contribution in [3.05, 3.63) is 24.8 Å². The molecule has 0 saturated heterocycles. The van der Waals surface area contributed by atoms with Gasteiger partial charge in [0, 0.05) is 16.5 Å². The SMILES string of the molecule is O=C(O)CCCCCNC(=O)c1cc(I)cc(I)c1O. The minimum atomic E-state index is -0.799. The van der Waals surface area contributed by atoms with Crippen molar-refractivity contribution in [1.29, 1.82) is 0 Å². The lowest BCUT2D eigenvalue weighted by Crippen LogP contribution is -2.24. The van der Waals surface area contributed by atoms with E-state index in [1.54, 1.807) is 12.1 Å². The number of carboxylic acids is 1. The second kappa shape index (κ2) is 8.65. The molecule has 0 bridgehead atoms. The Kier molecular flexibility index (Phi) is 7.56. The van der Waals surface area contributed by atoms with Crippen LogP contribution in [0.2, 0.25) is 0 Å². The number of amides is 1. The van der Waals surface area contributed by atoms with E-state index in [0.717, 1.165) is 16.4 Å². The van der Waals surface area contributed by atoms with Gasteiger partial charge in [0.1, 0.15) is 5.75 Å². The number of aromatic hydroxyl groups is 1. The molecule has 110 valence electrons. The Labute approximate surface area is 144 Å². The molecule has 0 fully saturated rings. The third-order valence-corrected chi connectivity index (χ3v) is 4.07. The molecule has 3 N–H and O–H groups in total. The van der Waals surface area contributed by atoms with Gasteiger partial charge >= 0.3 is 5.97 Å². The van der Waals surface area contributed by atoms with Gasteiger partial charge < -0.3 is 15.5 Å². The first-order valence-corrected chi connectivity index (χ1v) is 8.25. The quantitative estimate of drug-likeness (QED) is 0.395. The fraction of sp³-hybridized carbons (Fsp3) is 0.385. The van der Waals surface area contributed by atoms with Gasteiger partial charge in [0.05, 0.1) is 9.13 Å². The molecule has 1 rings (SSSR count). The van der Waals surface area contributed by atoms with E-state index in [9.17, 15) is 14.7 Å². The molecule has 0 heterocycles. The number of carbonyl (C=O) groups excluding carboxylic acids is 1. The van der Waals surface area contributed by atoms with Crippen molar-refractivity contribution in [1.82, 2.24) is 5.32 Å². The van der Waals surface area contributed by atoms with E-state index in [2.05, 4.69) is 27.9 Å². The molecule has 20 heavy (non-hydrogen) atoms. The van der Waals surface area contributed by atoms with Crippen molar-refractivity contribution in [2.75, 3.05) is 6.54 Å². The zero-order valence-corrected chi connectivity index (χ0v) is 15.0. The molecule has 0 aliphatic carbocycles. The molecule has 0 aliphatic rings. The average molecular weight is 503 g/mol. The maximum Gasteiger partial charge on any atom is 0.303 e. The summed E-state index contributed by atoms with van der Waals surface area (Å²) in [5, 5.41) is 21.1. The number of benzene rings is 1. The Bertz CT molecular complexity index is 505. The highest BCUT2D eigenvalue weighted by molar-refractivity contribution is 14.1. The van der Waals surface area contributed by atoms with Gasteiger partial charge in [-0.25, -0.2) is 0 Å². The van der Waals surface area contributed by atoms with E-state index >= 15 is 0 Å². The van der Waals surface area contributed by atoms with Gasteiger partial charge in [-0.1, -0.05) is 6.42 Å². The van der Waals surface area contributed by atoms with Crippen LogP contribution in [0.4, 0.5) is 0 Å². The second-order valence-corrected chi connectivity index (χ2v) is 6.65. The average Bonchev–Trinajstić information content (AvgIpc) is 2.37. The third kappa shape index (κ3) is 5.81. The highest BCUT2D eigenvalue weighted by atomic mass is 127. The largest absolute Gasteiger partial charge is 0.506 e. The number of carboxylic acid groups (broad SMARTS) is 1. The highest BCUT2D eigenvalue weighted by Crippen LogP contribution is 2.26. The first-order chi connectivity index (χ1) is 9.41. The number of unbranched alkanes of at least 4 members (excludes halogenated alkanes) is 2. The number of phenolic OH excluding ortho intramolecular Hbond substituents is 1. The van der Waals surface area contributed by atoms with Crippen molar-refractivity contribution in [3.8, 4) is 5.75 Å². The predicted molar refractivity (Wildman–Crippen MR) is 92.0 cm³/mol. The zero-order chi connectivity index (χ0) is 15.1. The normalized spacial score (nSPS) is 10.3. The van der Waals surface area contributed by atoms with Crippen LogP contribution in [0.25, 0.3) is 0 Å². The number of hydrogen-bond donors (Lipinski definition) is 3. The number of halogens is 2. The summed E-state index contributed by atoms with van der Waals surface area (Å²) in [5.74, 6) is -1.11. The Morgan fingerprint density at radius 2 is 1.85 bits per heavy atom. The van der Waals surface area contributed by atoms with Crippen LogP contribution in [0.3, 0.4) is 0 Å². The van der Waals surface area contributed by atoms with Gasteiger partial charge in [0.25, 0.3) is 5.91 Å². The van der Waals surface area contributed by atoms with Gasteiger partial charge in [0.2, 0.25) is 0 Å². The zero-order valence-electron chi connectivity index (χ0n) is 10.7. The lowest BCUT2D eigenvalue weighted by atomic mass is 10.1. The van der Waals surface area contributed by atoms with Crippen molar-refractivity contribution in [2.45, 2.75) is 25.7 Å². The molecule has 5 nitrogen and oxygen atoms in total. The molecule has 0 spiro atoms. The summed E-state index contributed by atoms with van der Waals surface area (Å²) in [6.45, 7) is 0.472. The summed E-state index contributed by atoms with van der Waals surface area (Å²) in [6.07, 6.45) is 2.24. The van der Waals surface area contributed by atoms with E-state index in [1.807, 2.05) is 22.6 Å². The summed E-state index contributed by atoms with van der Waals surface area (Å²) in [7, 11) is 0. The molecule has 0 saturated carbocycles. The lowest BCUT2D eigenvalue weighted by molar-refractivity contribution is -0.137. The first-order valence-electron chi connectivity index (χ1n) is 6.10. The molecule has 0 atom stereocenters. The Morgan fingerprint density at radius 1 is 1.15 bits per heavy atom. The third-order valence-electron chi connectivity index (χ3n) is 2.63. The van der Waals surface area contributed by atoms with Crippen molar-refractivity contribution < 1.29 is 19.8 Å². The molecule has 0 aliphatic heterocycles. The van der Waals surface area contributed by atoms with Crippen LogP contribution in [0.5, 0.6) is 5.75 Å². The van der Waals surface area contributed by atoms with Crippen molar-refractivity contribution in [2.24, 2.45) is 0 Å². The van der Waals surface area contributed by atoms with Crippen LogP contribution in [0, 0.1) is 7.14 Å². The molecule has 0 radical (unpaired) electrons. The minimum absolute atomic E-state index is 0.00519. The van der Waals surface area contributed by atoms with Crippen LogP contribution in [0.15, 0.2) is 12.1 Å². The topological polar surface area (TPSA) is 86.6 Å². The lowest BCUT2D eigenvalue weighted by Gasteiger charge is -2.08. The number of nitrogens with one attached hydrogen (secondary N) is 1. The van der Waals surface area contributed by atoms with Gasteiger partial charge in [-0.05, 0) is 70.2 Å². The Hall–Kier alpha value is -0.580. The maximum atomic E-state index is 11.9. The van der Waals surface area contributed by atoms with Crippen molar-refractivity contribution in [3.63, 3.8) is 0 Å². The maximum absolute atomic E-state index is 11.9. The molecular weight excluding hydrogens is 488 g/mol. The fourth-order valence-electron chi connectivity index (χ4n) is 1.61. The van der Waals surface area contributed by atoms with Crippen LogP contribution < -0.4 is 5.32 Å². The number of aliphatic carboxylic acids is 1. The second-order valence-electron chi connectivity index (χ2n) is 4.24. The molecule has 0 aromatic heterocycles. The van der Waals surface area contributed by atoms with E-state index in [1.165, 1.54) is 0 Å². The molecule has 0 unspecified atom stereocenters. The van der Waals surface area contributed by atoms with Gasteiger partial charge in [-0.15, -0.1) is 0 Å². The Balaban J connectivity index is 2.42. The Morgan fingerprint density at radius 3 is 2.50 bits per heavy atom. The molecule has 1 aromatic rings. The standard InChI is InChI=1S/C13H15I2NO4/c14-8-6-9(12(19)10(15)7-8)13(20)16-5-3-1-2-4-11(17)18/h6-7,19H,1-5H2,(H,16,20)(H,17,18). The van der Waals surface area contributed by atoms with E-state index in [4.69, 9.17) is 5.11 Å². The number of phenols is 1. The van der Waals surface area contributed by atoms with Crippen LogP contribution in [-0.2, 0) is 4.79 Å². The van der Waals surface area contributed by atoms with Crippen LogP contribution in [-0.4, -0.2) is 28.6 Å².